The molecule has 2 N–H and O–H groups in total. The Morgan fingerprint density at radius 3 is 2.83 bits per heavy atom. The molecule has 0 aliphatic rings. The number of halogens is 1. The zero-order valence-corrected chi connectivity index (χ0v) is 8.91. The number of nitrogens with two attached hydrogens (primary N) is 1. The van der Waals surface area contributed by atoms with Gasteiger partial charge in [0.2, 0.25) is 11.6 Å². The number of anilines is 1. The van der Waals surface area contributed by atoms with Crippen molar-refractivity contribution in [2.45, 2.75) is 0 Å². The first-order valence-corrected chi connectivity index (χ1v) is 4.75. The van der Waals surface area contributed by atoms with Gasteiger partial charge in [-0.05, 0) is 12.1 Å². The Bertz CT molecular complexity index is 605. The number of nitrogen functional groups attached to an aromatic ring is 1. The fraction of sp³-hybridized carbons (Fsp3) is 0. The van der Waals surface area contributed by atoms with E-state index in [2.05, 4.69) is 9.97 Å². The third-order valence-electron chi connectivity index (χ3n) is 1.96. The molecule has 0 atom stereocenters. The molecule has 1 aromatic heterocycles. The summed E-state index contributed by atoms with van der Waals surface area (Å²) in [5.41, 5.74) is 4.89. The minimum atomic E-state index is -0.752. The second-order valence-electron chi connectivity index (χ2n) is 3.25. The highest BCUT2D eigenvalue weighted by atomic mass is 19.1. The van der Waals surface area contributed by atoms with E-state index in [1.54, 1.807) is 0 Å². The van der Waals surface area contributed by atoms with Gasteiger partial charge in [0, 0.05) is 0 Å². The van der Waals surface area contributed by atoms with Gasteiger partial charge in [-0.1, -0.05) is 0 Å². The van der Waals surface area contributed by atoms with E-state index in [0.717, 1.165) is 18.2 Å². The maximum Gasteiger partial charge on any atom is 0.314 e. The first kappa shape index (κ1) is 11.7. The summed E-state index contributed by atoms with van der Waals surface area (Å²) in [5.74, 6) is -0.768. The second kappa shape index (κ2) is 4.62. The van der Waals surface area contributed by atoms with Crippen LogP contribution in [0, 0.1) is 15.9 Å². The maximum absolute atomic E-state index is 12.9. The number of hydrogen-bond donors (Lipinski definition) is 1. The van der Waals surface area contributed by atoms with E-state index in [-0.39, 0.29) is 17.4 Å². The molecule has 0 spiro atoms. The standard InChI is InChI=1S/C10H7FN4O3/c11-6-1-2-8(7(3-6)15(16)17)18-10-5-13-4-9(12)14-10/h1-5H,(H2,12,14). The van der Waals surface area contributed by atoms with Crippen LogP contribution in [0.2, 0.25) is 0 Å². The smallest absolute Gasteiger partial charge is 0.314 e. The van der Waals surface area contributed by atoms with Gasteiger partial charge in [0.15, 0.2) is 0 Å². The summed E-state index contributed by atoms with van der Waals surface area (Å²) in [7, 11) is 0. The highest BCUT2D eigenvalue weighted by Crippen LogP contribution is 2.30. The molecular formula is C10H7FN4O3. The Morgan fingerprint density at radius 1 is 1.39 bits per heavy atom. The summed E-state index contributed by atoms with van der Waals surface area (Å²) in [6.45, 7) is 0. The summed E-state index contributed by atoms with van der Waals surface area (Å²) in [6.07, 6.45) is 2.54. The topological polar surface area (TPSA) is 104 Å². The average molecular weight is 250 g/mol. The molecule has 1 aromatic carbocycles. The van der Waals surface area contributed by atoms with Crippen LogP contribution in [0.5, 0.6) is 11.6 Å². The molecule has 18 heavy (non-hydrogen) atoms. The first-order valence-electron chi connectivity index (χ1n) is 4.75. The van der Waals surface area contributed by atoms with Crippen molar-refractivity contribution in [1.29, 1.82) is 0 Å². The maximum atomic E-state index is 12.9. The molecule has 0 amide bonds. The van der Waals surface area contributed by atoms with Crippen LogP contribution in [0.4, 0.5) is 15.9 Å². The predicted octanol–water partition coefficient (Wildman–Crippen LogP) is 1.90. The number of benzene rings is 1. The number of nitro benzene ring substituents is 1. The van der Waals surface area contributed by atoms with Crippen molar-refractivity contribution >= 4 is 11.5 Å². The number of nitro groups is 1. The monoisotopic (exact) mass is 250 g/mol. The van der Waals surface area contributed by atoms with Gasteiger partial charge in [-0.2, -0.15) is 4.98 Å². The van der Waals surface area contributed by atoms with Gasteiger partial charge < -0.3 is 10.5 Å². The molecule has 0 unspecified atom stereocenters. The fourth-order valence-corrected chi connectivity index (χ4v) is 1.24. The van der Waals surface area contributed by atoms with Crippen LogP contribution in [-0.4, -0.2) is 14.9 Å². The lowest BCUT2D eigenvalue weighted by molar-refractivity contribution is -0.385. The molecular weight excluding hydrogens is 243 g/mol. The van der Waals surface area contributed by atoms with Gasteiger partial charge in [-0.25, -0.2) is 4.39 Å². The van der Waals surface area contributed by atoms with Crippen LogP contribution in [0.1, 0.15) is 0 Å². The van der Waals surface area contributed by atoms with Gasteiger partial charge in [0.05, 0.1) is 23.4 Å². The van der Waals surface area contributed by atoms with Crippen LogP contribution >= 0.6 is 0 Å². The Balaban J connectivity index is 2.37. The summed E-state index contributed by atoms with van der Waals surface area (Å²) in [6, 6.07) is 2.94. The molecule has 2 aromatic rings. The minimum Gasteiger partial charge on any atom is -0.430 e. The highest BCUT2D eigenvalue weighted by Gasteiger charge is 2.17. The van der Waals surface area contributed by atoms with Crippen molar-refractivity contribution in [2.24, 2.45) is 0 Å². The van der Waals surface area contributed by atoms with Crippen molar-refractivity contribution in [3.8, 4) is 11.6 Å². The van der Waals surface area contributed by atoms with E-state index in [1.807, 2.05) is 0 Å². The van der Waals surface area contributed by atoms with Crippen LogP contribution in [-0.2, 0) is 0 Å². The van der Waals surface area contributed by atoms with Crippen molar-refractivity contribution in [3.63, 3.8) is 0 Å². The van der Waals surface area contributed by atoms with Crippen LogP contribution in [0.3, 0.4) is 0 Å². The SMILES string of the molecule is Nc1cncc(Oc2ccc(F)cc2[N+](=O)[O-])n1. The molecule has 0 fully saturated rings. The second-order valence-corrected chi connectivity index (χ2v) is 3.25. The Morgan fingerprint density at radius 2 is 2.17 bits per heavy atom. The Labute approximate surface area is 100 Å². The number of hydrogen-bond acceptors (Lipinski definition) is 6. The quantitative estimate of drug-likeness (QED) is 0.658. The third-order valence-corrected chi connectivity index (χ3v) is 1.96. The number of rotatable bonds is 3. The number of nitrogens with zero attached hydrogens (tertiary/aromatic N) is 3. The Hall–Kier alpha value is -2.77. The van der Waals surface area contributed by atoms with Gasteiger partial charge >= 0.3 is 5.69 Å². The molecule has 92 valence electrons. The molecule has 7 nitrogen and oxygen atoms in total. The van der Waals surface area contributed by atoms with Crippen molar-refractivity contribution < 1.29 is 14.1 Å². The average Bonchev–Trinajstić information content (AvgIpc) is 2.31. The first-order chi connectivity index (χ1) is 8.56. The van der Waals surface area contributed by atoms with E-state index in [1.165, 1.54) is 12.4 Å². The lowest BCUT2D eigenvalue weighted by Crippen LogP contribution is -1.98. The normalized spacial score (nSPS) is 10.1. The molecule has 0 radical (unpaired) electrons. The van der Waals surface area contributed by atoms with E-state index in [9.17, 15) is 14.5 Å². The summed E-state index contributed by atoms with van der Waals surface area (Å²) in [5, 5.41) is 10.7. The van der Waals surface area contributed by atoms with Gasteiger partial charge in [0.1, 0.15) is 11.6 Å². The largest absolute Gasteiger partial charge is 0.430 e. The highest BCUT2D eigenvalue weighted by molar-refractivity contribution is 5.48. The molecule has 0 saturated carbocycles. The van der Waals surface area contributed by atoms with Gasteiger partial charge in [-0.15, -0.1) is 0 Å². The zero-order chi connectivity index (χ0) is 13.1. The molecule has 1 heterocycles. The molecule has 0 aliphatic heterocycles. The summed E-state index contributed by atoms with van der Waals surface area (Å²) >= 11 is 0. The van der Waals surface area contributed by atoms with E-state index in [0.29, 0.717) is 0 Å². The molecule has 0 bridgehead atoms. The lowest BCUT2D eigenvalue weighted by atomic mass is 10.3. The van der Waals surface area contributed by atoms with Crippen LogP contribution in [0.25, 0.3) is 0 Å². The molecule has 8 heteroatoms. The summed E-state index contributed by atoms with van der Waals surface area (Å²) in [4.78, 5) is 17.5. The van der Waals surface area contributed by atoms with Crippen molar-refractivity contribution in [1.82, 2.24) is 9.97 Å². The zero-order valence-electron chi connectivity index (χ0n) is 8.91. The number of ether oxygens (including phenoxy) is 1. The molecule has 0 aliphatic carbocycles. The van der Waals surface area contributed by atoms with Crippen molar-refractivity contribution in [2.75, 3.05) is 5.73 Å². The van der Waals surface area contributed by atoms with E-state index >= 15 is 0 Å². The minimum absolute atomic E-state index is 0.00953. The number of aromatic nitrogens is 2. The summed E-state index contributed by atoms with van der Waals surface area (Å²) < 4.78 is 18.0. The molecule has 2 rings (SSSR count). The van der Waals surface area contributed by atoms with Gasteiger partial charge in [-0.3, -0.25) is 15.1 Å². The van der Waals surface area contributed by atoms with Gasteiger partial charge in [0.25, 0.3) is 0 Å². The van der Waals surface area contributed by atoms with Crippen LogP contribution < -0.4 is 10.5 Å². The lowest BCUT2D eigenvalue weighted by Gasteiger charge is -2.05. The van der Waals surface area contributed by atoms with E-state index in [4.69, 9.17) is 10.5 Å². The van der Waals surface area contributed by atoms with Crippen LogP contribution in [0.15, 0.2) is 30.6 Å². The third kappa shape index (κ3) is 2.48. The Kier molecular flexibility index (Phi) is 3.00. The predicted molar refractivity (Wildman–Crippen MR) is 59.6 cm³/mol. The fourth-order valence-electron chi connectivity index (χ4n) is 1.24. The molecule has 0 saturated heterocycles. The van der Waals surface area contributed by atoms with E-state index < -0.39 is 16.4 Å². The van der Waals surface area contributed by atoms with Crippen molar-refractivity contribution in [3.05, 3.63) is 46.5 Å².